The maximum absolute atomic E-state index is 15.6. The summed E-state index contributed by atoms with van der Waals surface area (Å²) in [7, 11) is 1.59. The van der Waals surface area contributed by atoms with Gasteiger partial charge in [0.1, 0.15) is 41.5 Å². The third-order valence-corrected chi connectivity index (χ3v) is 12.8. The highest BCUT2D eigenvalue weighted by Crippen LogP contribution is 2.64. The summed E-state index contributed by atoms with van der Waals surface area (Å²) >= 11 is 2.24. The number of hydrogen-bond donors (Lipinski definition) is 2. The molecule has 6 fully saturated rings. The first-order valence-electron chi connectivity index (χ1n) is 19.9. The van der Waals surface area contributed by atoms with Gasteiger partial charge in [0, 0.05) is 41.7 Å². The zero-order chi connectivity index (χ0) is 39.6. The van der Waals surface area contributed by atoms with E-state index in [1.54, 1.807) is 32.9 Å². The second kappa shape index (κ2) is 15.2. The van der Waals surface area contributed by atoms with Crippen LogP contribution in [0.15, 0.2) is 54.6 Å². The smallest absolute Gasteiger partial charge is 0.327 e. The molecule has 2 amide bonds. The largest absolute Gasteiger partial charge is 0.460 e. The molecular weight excluding hydrogens is 833 g/mol. The van der Waals surface area contributed by atoms with Crippen LogP contribution in [0.3, 0.4) is 0 Å². The average Bonchev–Trinajstić information content (AvgIpc) is 4.10. The van der Waals surface area contributed by atoms with Gasteiger partial charge >= 0.3 is 11.9 Å². The van der Waals surface area contributed by atoms with Gasteiger partial charge in [0.25, 0.3) is 0 Å². The van der Waals surface area contributed by atoms with Gasteiger partial charge in [-0.25, -0.2) is 0 Å². The lowest BCUT2D eigenvalue weighted by molar-refractivity contribution is -0.235. The molecule has 56 heavy (non-hydrogen) atoms. The highest BCUT2D eigenvalue weighted by atomic mass is 127. The predicted octanol–water partition coefficient (Wildman–Crippen LogP) is 4.06. The Morgan fingerprint density at radius 3 is 2.34 bits per heavy atom. The Morgan fingerprint density at radius 2 is 1.70 bits per heavy atom. The van der Waals surface area contributed by atoms with Crippen molar-refractivity contribution in [3.05, 3.63) is 69.3 Å². The summed E-state index contributed by atoms with van der Waals surface area (Å²) in [4.78, 5) is 65.1. The van der Waals surface area contributed by atoms with E-state index >= 15 is 4.79 Å². The van der Waals surface area contributed by atoms with Crippen LogP contribution in [0.1, 0.15) is 76.8 Å². The van der Waals surface area contributed by atoms with Crippen LogP contribution in [0.4, 0.5) is 0 Å². The molecular formula is C42H52IN3O10. The van der Waals surface area contributed by atoms with Crippen LogP contribution in [-0.4, -0.2) is 106 Å². The van der Waals surface area contributed by atoms with Crippen LogP contribution in [0, 0.1) is 20.8 Å². The van der Waals surface area contributed by atoms with Crippen molar-refractivity contribution >= 4 is 46.3 Å². The molecule has 3 heterocycles. The minimum atomic E-state index is -1.47. The van der Waals surface area contributed by atoms with Crippen LogP contribution in [0.2, 0.25) is 0 Å². The first-order chi connectivity index (χ1) is 26.7. The Kier molecular flexibility index (Phi) is 10.8. The molecule has 8 atom stereocenters. The number of aliphatic hydroxyl groups excluding tert-OH is 1. The third kappa shape index (κ3) is 7.49. The summed E-state index contributed by atoms with van der Waals surface area (Å²) in [5.74, 6) is -2.27. The molecule has 3 saturated carbocycles. The molecule has 0 spiro atoms. The van der Waals surface area contributed by atoms with E-state index in [4.69, 9.17) is 23.8 Å². The molecule has 302 valence electrons. The Bertz CT molecular complexity index is 1820. The number of halogens is 1. The molecule has 0 aromatic heterocycles. The van der Waals surface area contributed by atoms with Gasteiger partial charge in [-0.05, 0) is 98.7 Å². The minimum Gasteiger partial charge on any atom is -0.460 e. The lowest BCUT2D eigenvalue weighted by atomic mass is 9.62. The lowest BCUT2D eigenvalue weighted by Crippen LogP contribution is -2.70. The van der Waals surface area contributed by atoms with Crippen molar-refractivity contribution < 1.29 is 48.1 Å². The Hall–Kier alpha value is -3.15. The van der Waals surface area contributed by atoms with E-state index < -0.39 is 89.7 Å². The standard InChI is InChI=1S/C42H52IN3O10/c1-40(2,3)53-32(48)18-17-29(23-47)44-37(49)30(20-24-9-6-5-7-10-24)45(4)39(51)41-21-31-33-34(55-42(54-33,26-13-14-26)27-15-16-27)36(41)56-46(35(41)38(50)52-31)22-25-11-8-12-28(43)19-25/h5-12,19,26-27,29-31,33-36,47H,13-18,20-23H2,1-4H3,(H,44,49). The molecule has 2 bridgehead atoms. The monoisotopic (exact) mass is 885 g/mol. The first-order valence-corrected chi connectivity index (χ1v) is 21.0. The SMILES string of the molecule is CN(C(=O)C12CC3OC(=O)C1N(Cc1cccc(I)c1)OC2C1OC(C2CC2)(C2CC2)OC31)C(Cc1ccccc1)C(=O)NC(CO)CCC(=O)OC(C)(C)C. The molecule has 0 radical (unpaired) electrons. The summed E-state index contributed by atoms with van der Waals surface area (Å²) < 4.78 is 26.6. The molecule has 3 saturated heterocycles. The number of rotatable bonds is 14. The number of hydrogen-bond acceptors (Lipinski definition) is 11. The second-order valence-corrected chi connectivity index (χ2v) is 18.7. The van der Waals surface area contributed by atoms with Crippen molar-refractivity contribution in [2.24, 2.45) is 17.3 Å². The molecule has 13 nitrogen and oxygen atoms in total. The van der Waals surface area contributed by atoms with E-state index in [9.17, 15) is 19.5 Å². The fraction of sp³-hybridized carbons (Fsp3) is 0.619. The van der Waals surface area contributed by atoms with Crippen molar-refractivity contribution in [3.63, 3.8) is 0 Å². The number of hydroxylamine groups is 2. The Morgan fingerprint density at radius 1 is 1.02 bits per heavy atom. The van der Waals surface area contributed by atoms with Gasteiger partial charge < -0.3 is 34.3 Å². The fourth-order valence-electron chi connectivity index (χ4n) is 9.37. The van der Waals surface area contributed by atoms with Crippen LogP contribution in [0.5, 0.6) is 0 Å². The molecule has 2 aromatic rings. The summed E-state index contributed by atoms with van der Waals surface area (Å²) in [5, 5.41) is 14.8. The van der Waals surface area contributed by atoms with Crippen molar-refractivity contribution in [2.45, 2.75) is 133 Å². The molecule has 8 unspecified atom stereocenters. The van der Waals surface area contributed by atoms with Crippen LogP contribution < -0.4 is 5.32 Å². The number of carbonyl (C=O) groups is 4. The maximum Gasteiger partial charge on any atom is 0.327 e. The van der Waals surface area contributed by atoms with E-state index in [0.29, 0.717) is 0 Å². The van der Waals surface area contributed by atoms with Gasteiger partial charge in [0.15, 0.2) is 11.8 Å². The van der Waals surface area contributed by atoms with Gasteiger partial charge in [-0.3, -0.25) is 24.0 Å². The molecule has 6 aliphatic rings. The predicted molar refractivity (Wildman–Crippen MR) is 209 cm³/mol. The Labute approximate surface area is 341 Å². The van der Waals surface area contributed by atoms with E-state index in [1.807, 2.05) is 54.6 Å². The number of likely N-dealkylation sites (N-methyl/N-ethyl adjacent to an activating group) is 1. The van der Waals surface area contributed by atoms with E-state index in [-0.39, 0.29) is 44.1 Å². The van der Waals surface area contributed by atoms with Crippen LogP contribution in [-0.2, 0) is 55.9 Å². The Balaban J connectivity index is 1.12. The number of benzene rings is 2. The number of nitrogens with one attached hydrogen (secondary N) is 1. The normalized spacial score (nSPS) is 30.2. The maximum atomic E-state index is 15.6. The molecule has 14 heteroatoms. The van der Waals surface area contributed by atoms with Crippen LogP contribution in [0.25, 0.3) is 0 Å². The quantitative estimate of drug-likeness (QED) is 0.209. The number of fused-ring (bicyclic) bond motifs is 4. The number of esters is 2. The van der Waals surface area contributed by atoms with Gasteiger partial charge in [0.2, 0.25) is 11.8 Å². The number of amides is 2. The molecule has 3 aliphatic heterocycles. The van der Waals surface area contributed by atoms with E-state index in [0.717, 1.165) is 40.4 Å². The zero-order valence-corrected chi connectivity index (χ0v) is 34.5. The lowest BCUT2D eigenvalue weighted by Gasteiger charge is -2.50. The molecule has 8 rings (SSSR count). The highest BCUT2D eigenvalue weighted by molar-refractivity contribution is 14.1. The fourth-order valence-corrected chi connectivity index (χ4v) is 9.97. The molecule has 2 N–H and O–H groups in total. The zero-order valence-electron chi connectivity index (χ0n) is 32.4. The third-order valence-electron chi connectivity index (χ3n) is 12.2. The summed E-state index contributed by atoms with van der Waals surface area (Å²) in [6.07, 6.45) is 1.46. The van der Waals surface area contributed by atoms with Gasteiger partial charge in [-0.2, -0.15) is 5.06 Å². The van der Waals surface area contributed by atoms with Crippen molar-refractivity contribution in [1.82, 2.24) is 15.3 Å². The van der Waals surface area contributed by atoms with Crippen LogP contribution >= 0.6 is 22.6 Å². The minimum absolute atomic E-state index is 0.0155. The highest BCUT2D eigenvalue weighted by Gasteiger charge is 2.78. The van der Waals surface area contributed by atoms with Crippen molar-refractivity contribution in [2.75, 3.05) is 13.7 Å². The summed E-state index contributed by atoms with van der Waals surface area (Å²) in [6, 6.07) is 14.3. The number of nitrogens with zero attached hydrogens (tertiary/aromatic N) is 2. The topological polar surface area (TPSA) is 153 Å². The average molecular weight is 886 g/mol. The second-order valence-electron chi connectivity index (χ2n) is 17.4. The summed E-state index contributed by atoms with van der Waals surface area (Å²) in [6.45, 7) is 5.13. The summed E-state index contributed by atoms with van der Waals surface area (Å²) in [5.41, 5.74) is -0.427. The van der Waals surface area contributed by atoms with Gasteiger partial charge in [-0.15, -0.1) is 0 Å². The number of carbonyl (C=O) groups excluding carboxylic acids is 4. The number of ether oxygens (including phenoxy) is 4. The van der Waals surface area contributed by atoms with Gasteiger partial charge in [-0.1, -0.05) is 42.5 Å². The number of aliphatic hydroxyl groups is 1. The first kappa shape index (κ1) is 39.7. The van der Waals surface area contributed by atoms with E-state index in [2.05, 4.69) is 27.9 Å². The van der Waals surface area contributed by atoms with Gasteiger partial charge in [0.05, 0.1) is 19.2 Å². The molecule has 2 aromatic carbocycles. The van der Waals surface area contributed by atoms with Crippen molar-refractivity contribution in [3.8, 4) is 0 Å². The van der Waals surface area contributed by atoms with Crippen molar-refractivity contribution in [1.29, 1.82) is 0 Å². The van der Waals surface area contributed by atoms with E-state index in [1.165, 1.54) is 4.90 Å². The molecule has 3 aliphatic carbocycles.